The lowest BCUT2D eigenvalue weighted by atomic mass is 10.2. The molecular formula is C16H17BrN4O3S. The SMILES string of the molecule is O=C(O)CC1SC(=NN=Cc2ccc(Br)cc2N2CCCC2)NC1=O. The molecule has 0 radical (unpaired) electrons. The van der Waals surface area contributed by atoms with Crippen molar-refractivity contribution in [2.45, 2.75) is 24.5 Å². The molecule has 1 atom stereocenters. The van der Waals surface area contributed by atoms with E-state index in [0.29, 0.717) is 5.17 Å². The summed E-state index contributed by atoms with van der Waals surface area (Å²) in [6, 6.07) is 5.98. The Labute approximate surface area is 157 Å². The van der Waals surface area contributed by atoms with Crippen molar-refractivity contribution in [3.05, 3.63) is 28.2 Å². The second-order valence-corrected chi connectivity index (χ2v) is 7.85. The number of thioether (sulfide) groups is 1. The Balaban J connectivity index is 1.72. The number of nitrogens with zero attached hydrogens (tertiary/aromatic N) is 3. The topological polar surface area (TPSA) is 94.4 Å². The summed E-state index contributed by atoms with van der Waals surface area (Å²) in [5.41, 5.74) is 2.05. The van der Waals surface area contributed by atoms with Gasteiger partial charge in [-0.25, -0.2) is 0 Å². The number of amides is 1. The largest absolute Gasteiger partial charge is 0.481 e. The number of hydrogen-bond donors (Lipinski definition) is 2. The fraction of sp³-hybridized carbons (Fsp3) is 0.375. The van der Waals surface area contributed by atoms with E-state index in [1.165, 1.54) is 12.8 Å². The average Bonchev–Trinajstić information content (AvgIpc) is 3.19. The number of nitrogens with one attached hydrogen (secondary N) is 1. The van der Waals surface area contributed by atoms with Gasteiger partial charge < -0.3 is 15.3 Å². The summed E-state index contributed by atoms with van der Waals surface area (Å²) in [5.74, 6) is -1.36. The van der Waals surface area contributed by atoms with Crippen LogP contribution < -0.4 is 10.2 Å². The second-order valence-electron chi connectivity index (χ2n) is 5.74. The predicted molar refractivity (Wildman–Crippen MR) is 102 cm³/mol. The number of rotatable bonds is 5. The number of carbonyl (C=O) groups excluding carboxylic acids is 1. The van der Waals surface area contributed by atoms with Gasteiger partial charge >= 0.3 is 5.97 Å². The normalized spacial score (nSPS) is 22.1. The van der Waals surface area contributed by atoms with Crippen molar-refractivity contribution in [3.63, 3.8) is 0 Å². The molecule has 2 aliphatic heterocycles. The van der Waals surface area contributed by atoms with E-state index in [2.05, 4.69) is 42.4 Å². The molecule has 0 saturated carbocycles. The molecule has 1 unspecified atom stereocenters. The molecule has 0 aromatic heterocycles. The van der Waals surface area contributed by atoms with Crippen LogP contribution in [0.2, 0.25) is 0 Å². The van der Waals surface area contributed by atoms with E-state index >= 15 is 0 Å². The van der Waals surface area contributed by atoms with Crippen LogP contribution >= 0.6 is 27.7 Å². The molecule has 2 fully saturated rings. The minimum Gasteiger partial charge on any atom is -0.481 e. The van der Waals surface area contributed by atoms with Crippen LogP contribution in [-0.2, 0) is 9.59 Å². The minimum atomic E-state index is -1.01. The van der Waals surface area contributed by atoms with Gasteiger partial charge in [0.25, 0.3) is 0 Å². The number of anilines is 1. The zero-order valence-electron chi connectivity index (χ0n) is 13.3. The van der Waals surface area contributed by atoms with Crippen molar-refractivity contribution in [1.82, 2.24) is 5.32 Å². The number of hydrogen-bond acceptors (Lipinski definition) is 6. The number of carboxylic acids is 1. The first-order chi connectivity index (χ1) is 12.0. The fourth-order valence-electron chi connectivity index (χ4n) is 2.75. The molecule has 0 bridgehead atoms. The number of carboxylic acid groups (broad SMARTS) is 1. The maximum atomic E-state index is 11.7. The van der Waals surface area contributed by atoms with Gasteiger partial charge in [-0.1, -0.05) is 33.8 Å². The first-order valence-electron chi connectivity index (χ1n) is 7.88. The van der Waals surface area contributed by atoms with Gasteiger partial charge in [-0.3, -0.25) is 9.59 Å². The third-order valence-corrected chi connectivity index (χ3v) is 5.49. The Morgan fingerprint density at radius 2 is 2.20 bits per heavy atom. The van der Waals surface area contributed by atoms with Gasteiger partial charge in [0, 0.05) is 28.8 Å². The van der Waals surface area contributed by atoms with E-state index in [4.69, 9.17) is 5.11 Å². The Bertz CT molecular complexity index is 747. The molecule has 2 saturated heterocycles. The molecule has 0 aliphatic carbocycles. The molecule has 2 N–H and O–H groups in total. The lowest BCUT2D eigenvalue weighted by Gasteiger charge is -2.20. The summed E-state index contributed by atoms with van der Waals surface area (Å²) >= 11 is 4.59. The first kappa shape index (κ1) is 17.9. The highest BCUT2D eigenvalue weighted by Crippen LogP contribution is 2.27. The van der Waals surface area contributed by atoms with E-state index < -0.39 is 11.2 Å². The van der Waals surface area contributed by atoms with Gasteiger partial charge in [0.15, 0.2) is 5.17 Å². The van der Waals surface area contributed by atoms with Gasteiger partial charge in [-0.15, -0.1) is 5.10 Å². The van der Waals surface area contributed by atoms with E-state index in [1.54, 1.807) is 6.21 Å². The van der Waals surface area contributed by atoms with E-state index in [0.717, 1.165) is 40.6 Å². The van der Waals surface area contributed by atoms with E-state index in [-0.39, 0.29) is 12.3 Å². The summed E-state index contributed by atoms with van der Waals surface area (Å²) in [6.45, 7) is 2.04. The zero-order valence-corrected chi connectivity index (χ0v) is 15.7. The Morgan fingerprint density at radius 3 is 2.92 bits per heavy atom. The maximum Gasteiger partial charge on any atom is 0.305 e. The Kier molecular flexibility index (Phi) is 5.74. The number of halogens is 1. The Morgan fingerprint density at radius 1 is 1.44 bits per heavy atom. The van der Waals surface area contributed by atoms with Crippen molar-refractivity contribution in [3.8, 4) is 0 Å². The van der Waals surface area contributed by atoms with Crippen LogP contribution in [0.3, 0.4) is 0 Å². The third kappa shape index (κ3) is 4.60. The molecule has 2 aliphatic rings. The van der Waals surface area contributed by atoms with Crippen LogP contribution in [0.4, 0.5) is 5.69 Å². The predicted octanol–water partition coefficient (Wildman–Crippen LogP) is 2.45. The van der Waals surface area contributed by atoms with Crippen LogP contribution in [0.5, 0.6) is 0 Å². The molecule has 1 aromatic carbocycles. The summed E-state index contributed by atoms with van der Waals surface area (Å²) in [5, 5.41) is 19.1. The molecular weight excluding hydrogens is 408 g/mol. The second kappa shape index (κ2) is 8.01. The molecule has 9 heteroatoms. The highest BCUT2D eigenvalue weighted by Gasteiger charge is 2.32. The van der Waals surface area contributed by atoms with E-state index in [1.807, 2.05) is 12.1 Å². The molecule has 1 amide bonds. The number of carbonyl (C=O) groups is 2. The zero-order chi connectivity index (χ0) is 17.8. The Hall–Kier alpha value is -1.87. The minimum absolute atomic E-state index is 0.231. The first-order valence-corrected chi connectivity index (χ1v) is 9.55. The molecule has 25 heavy (non-hydrogen) atoms. The number of aliphatic carboxylic acids is 1. The van der Waals surface area contributed by atoms with Crippen molar-refractivity contribution in [1.29, 1.82) is 0 Å². The highest BCUT2D eigenvalue weighted by atomic mass is 79.9. The van der Waals surface area contributed by atoms with Crippen LogP contribution in [0.1, 0.15) is 24.8 Å². The molecule has 2 heterocycles. The standard InChI is InChI=1S/C16H17BrN4O3S/c17-11-4-3-10(12(7-11)21-5-1-2-6-21)9-18-20-16-19-15(24)13(25-16)8-14(22)23/h3-4,7,9,13H,1-2,5-6,8H2,(H,22,23)(H,19,20,24). The monoisotopic (exact) mass is 424 g/mol. The molecule has 1 aromatic rings. The molecule has 0 spiro atoms. The smallest absolute Gasteiger partial charge is 0.305 e. The molecule has 132 valence electrons. The highest BCUT2D eigenvalue weighted by molar-refractivity contribution is 9.10. The third-order valence-electron chi connectivity index (χ3n) is 3.92. The number of amidine groups is 1. The summed E-state index contributed by atoms with van der Waals surface area (Å²) < 4.78 is 1.01. The van der Waals surface area contributed by atoms with Gasteiger partial charge in [-0.2, -0.15) is 5.10 Å². The van der Waals surface area contributed by atoms with Crippen LogP contribution in [0.15, 0.2) is 32.9 Å². The van der Waals surface area contributed by atoms with E-state index in [9.17, 15) is 9.59 Å². The van der Waals surface area contributed by atoms with Gasteiger partial charge in [0.05, 0.1) is 12.6 Å². The molecule has 7 nitrogen and oxygen atoms in total. The molecule has 3 rings (SSSR count). The fourth-order valence-corrected chi connectivity index (χ4v) is 4.01. The van der Waals surface area contributed by atoms with Crippen molar-refractivity contribution >= 4 is 56.6 Å². The van der Waals surface area contributed by atoms with Gasteiger partial charge in [0.1, 0.15) is 5.25 Å². The summed E-state index contributed by atoms with van der Waals surface area (Å²) in [7, 11) is 0. The lowest BCUT2D eigenvalue weighted by Crippen LogP contribution is -2.26. The van der Waals surface area contributed by atoms with Crippen LogP contribution in [-0.4, -0.2) is 46.7 Å². The van der Waals surface area contributed by atoms with Gasteiger partial charge in [-0.05, 0) is 25.0 Å². The van der Waals surface area contributed by atoms with Crippen LogP contribution in [0, 0.1) is 0 Å². The summed E-state index contributed by atoms with van der Waals surface area (Å²) in [6.07, 6.45) is 3.79. The van der Waals surface area contributed by atoms with Crippen molar-refractivity contribution < 1.29 is 14.7 Å². The van der Waals surface area contributed by atoms with Crippen LogP contribution in [0.25, 0.3) is 0 Å². The maximum absolute atomic E-state index is 11.7. The summed E-state index contributed by atoms with van der Waals surface area (Å²) in [4.78, 5) is 24.7. The number of benzene rings is 1. The van der Waals surface area contributed by atoms with Gasteiger partial charge in [0.2, 0.25) is 5.91 Å². The van der Waals surface area contributed by atoms with Crippen molar-refractivity contribution in [2.24, 2.45) is 10.2 Å². The quantitative estimate of drug-likeness (QED) is 0.558. The average molecular weight is 425 g/mol. The van der Waals surface area contributed by atoms with Crippen molar-refractivity contribution in [2.75, 3.05) is 18.0 Å². The lowest BCUT2D eigenvalue weighted by molar-refractivity contribution is -0.138.